The summed E-state index contributed by atoms with van der Waals surface area (Å²) in [5.41, 5.74) is -0.718. The Labute approximate surface area is 108 Å². The zero-order valence-electron chi connectivity index (χ0n) is 9.98. The van der Waals surface area contributed by atoms with Crippen LogP contribution in [0.25, 0.3) is 0 Å². The number of hydrogen-bond acceptors (Lipinski definition) is 3. The van der Waals surface area contributed by atoms with E-state index >= 15 is 0 Å². The molecule has 19 heavy (non-hydrogen) atoms. The molecule has 1 rings (SSSR count). The first kappa shape index (κ1) is 16.0. The number of rotatable bonds is 5. The van der Waals surface area contributed by atoms with E-state index in [1.807, 2.05) is 0 Å². The quantitative estimate of drug-likeness (QED) is 0.778. The Morgan fingerprint density at radius 3 is 2.47 bits per heavy atom. The fourth-order valence-electron chi connectivity index (χ4n) is 1.70. The van der Waals surface area contributed by atoms with Crippen molar-refractivity contribution in [2.75, 3.05) is 18.8 Å². The molecule has 0 atom stereocenters. The third kappa shape index (κ3) is 4.83. The van der Waals surface area contributed by atoms with Crippen LogP contribution in [0.4, 0.5) is 13.2 Å². The summed E-state index contributed by atoms with van der Waals surface area (Å²) in [5, 5.41) is 8.40. The Morgan fingerprint density at radius 2 is 2.05 bits per heavy atom. The fourth-order valence-corrected chi connectivity index (χ4v) is 3.13. The van der Waals surface area contributed by atoms with Crippen LogP contribution >= 0.6 is 0 Å². The third-order valence-electron chi connectivity index (χ3n) is 2.72. The van der Waals surface area contributed by atoms with Crippen molar-refractivity contribution in [2.45, 2.75) is 25.4 Å². The van der Waals surface area contributed by atoms with Gasteiger partial charge in [0.1, 0.15) is 0 Å². The number of nitrogens with zero attached hydrogens (tertiary/aromatic N) is 1. The van der Waals surface area contributed by atoms with Gasteiger partial charge in [0.25, 0.3) is 0 Å². The number of hydrogen-bond donors (Lipinski definition) is 1. The highest BCUT2D eigenvalue weighted by atomic mass is 32.2. The molecule has 1 aliphatic heterocycles. The van der Waals surface area contributed by atoms with Gasteiger partial charge in [-0.2, -0.15) is 17.5 Å². The van der Waals surface area contributed by atoms with Gasteiger partial charge in [0.05, 0.1) is 5.75 Å². The lowest BCUT2D eigenvalue weighted by Gasteiger charge is -2.26. The molecule has 0 saturated heterocycles. The summed E-state index contributed by atoms with van der Waals surface area (Å²) in [6.07, 6.45) is -4.26. The molecule has 1 aliphatic rings. The molecule has 1 N–H and O–H groups in total. The normalized spacial score (nSPS) is 18.2. The lowest BCUT2D eigenvalue weighted by Crippen LogP contribution is -2.38. The van der Waals surface area contributed by atoms with Crippen molar-refractivity contribution in [1.82, 2.24) is 4.31 Å². The van der Waals surface area contributed by atoms with Crippen molar-refractivity contribution >= 4 is 16.0 Å². The zero-order valence-corrected chi connectivity index (χ0v) is 10.8. The smallest absolute Gasteiger partial charge is 0.412 e. The van der Waals surface area contributed by atoms with Crippen LogP contribution in [0.1, 0.15) is 19.3 Å². The standard InChI is InChI=1S/C10H14F3NO4S/c11-10(12,13)8-3-5-14(6-4-8)19(17,18)7-1-2-9(15)16/h3H,1-2,4-7H2,(H,15,16). The monoisotopic (exact) mass is 301 g/mol. The van der Waals surface area contributed by atoms with Gasteiger partial charge in [-0.1, -0.05) is 6.08 Å². The Balaban J connectivity index is 2.59. The van der Waals surface area contributed by atoms with Crippen LogP contribution in [0.3, 0.4) is 0 Å². The highest BCUT2D eigenvalue weighted by Gasteiger charge is 2.36. The van der Waals surface area contributed by atoms with E-state index < -0.39 is 27.7 Å². The van der Waals surface area contributed by atoms with Gasteiger partial charge in [0, 0.05) is 25.1 Å². The van der Waals surface area contributed by atoms with Crippen molar-refractivity contribution in [3.63, 3.8) is 0 Å². The van der Waals surface area contributed by atoms with Gasteiger partial charge in [-0.3, -0.25) is 4.79 Å². The molecule has 0 aromatic carbocycles. The van der Waals surface area contributed by atoms with Gasteiger partial charge in [-0.15, -0.1) is 0 Å². The molecule has 0 aromatic heterocycles. The molecule has 110 valence electrons. The molecule has 0 fully saturated rings. The van der Waals surface area contributed by atoms with E-state index in [4.69, 9.17) is 5.11 Å². The molecule has 9 heteroatoms. The van der Waals surface area contributed by atoms with Crippen molar-refractivity contribution in [3.8, 4) is 0 Å². The summed E-state index contributed by atoms with van der Waals surface area (Å²) in [6, 6.07) is 0. The fraction of sp³-hybridized carbons (Fsp3) is 0.700. The summed E-state index contributed by atoms with van der Waals surface area (Å²) in [4.78, 5) is 10.3. The molecule has 0 amide bonds. The number of carbonyl (C=O) groups is 1. The van der Waals surface area contributed by atoms with E-state index in [1.165, 1.54) is 0 Å². The first-order valence-corrected chi connectivity index (χ1v) is 7.19. The molecule has 0 spiro atoms. The number of carboxylic acids is 1. The second-order valence-electron chi connectivity index (χ2n) is 4.15. The highest BCUT2D eigenvalue weighted by molar-refractivity contribution is 7.89. The Morgan fingerprint density at radius 1 is 1.42 bits per heavy atom. The molecule has 0 saturated carbocycles. The van der Waals surface area contributed by atoms with Crippen LogP contribution in [0, 0.1) is 0 Å². The predicted molar refractivity (Wildman–Crippen MR) is 61.0 cm³/mol. The highest BCUT2D eigenvalue weighted by Crippen LogP contribution is 2.30. The minimum atomic E-state index is -4.42. The average molecular weight is 301 g/mol. The minimum absolute atomic E-state index is 0.0516. The minimum Gasteiger partial charge on any atom is -0.481 e. The zero-order chi connectivity index (χ0) is 14.7. The van der Waals surface area contributed by atoms with Crippen molar-refractivity contribution in [3.05, 3.63) is 11.6 Å². The molecular weight excluding hydrogens is 287 g/mol. The average Bonchev–Trinajstić information content (AvgIpc) is 2.27. The predicted octanol–water partition coefficient (Wildman–Crippen LogP) is 1.38. The lowest BCUT2D eigenvalue weighted by atomic mass is 10.1. The van der Waals surface area contributed by atoms with Gasteiger partial charge >= 0.3 is 12.1 Å². The first-order valence-electron chi connectivity index (χ1n) is 5.59. The summed E-state index contributed by atoms with van der Waals surface area (Å²) in [6.45, 7) is -0.537. The Hall–Kier alpha value is -1.09. The molecule has 1 heterocycles. The van der Waals surface area contributed by atoms with Gasteiger partial charge in [0.2, 0.25) is 10.0 Å². The summed E-state index contributed by atoms with van der Waals surface area (Å²) in [5.74, 6) is -1.47. The van der Waals surface area contributed by atoms with Gasteiger partial charge in [-0.05, 0) is 12.8 Å². The van der Waals surface area contributed by atoms with E-state index in [2.05, 4.69) is 0 Å². The second-order valence-corrected chi connectivity index (χ2v) is 6.24. The van der Waals surface area contributed by atoms with E-state index in [9.17, 15) is 26.4 Å². The van der Waals surface area contributed by atoms with Gasteiger partial charge in [-0.25, -0.2) is 8.42 Å². The maximum atomic E-state index is 12.4. The molecule has 0 bridgehead atoms. The Kier molecular flexibility index (Phi) is 4.97. The van der Waals surface area contributed by atoms with Gasteiger partial charge < -0.3 is 5.11 Å². The van der Waals surface area contributed by atoms with Crippen LogP contribution in [0.5, 0.6) is 0 Å². The van der Waals surface area contributed by atoms with Crippen LogP contribution in [-0.4, -0.2) is 48.8 Å². The van der Waals surface area contributed by atoms with E-state index in [-0.39, 0.29) is 38.1 Å². The van der Waals surface area contributed by atoms with E-state index in [0.29, 0.717) is 0 Å². The number of sulfonamides is 1. The largest absolute Gasteiger partial charge is 0.481 e. The van der Waals surface area contributed by atoms with Gasteiger partial charge in [0.15, 0.2) is 0 Å². The SMILES string of the molecule is O=C(O)CCCS(=O)(=O)N1CC=C(C(F)(F)F)CC1. The maximum absolute atomic E-state index is 12.4. The molecule has 0 unspecified atom stereocenters. The molecular formula is C10H14F3NO4S. The summed E-state index contributed by atoms with van der Waals surface area (Å²) >= 11 is 0. The molecule has 0 aliphatic carbocycles. The number of aliphatic carboxylic acids is 1. The van der Waals surface area contributed by atoms with Crippen molar-refractivity contribution in [2.24, 2.45) is 0 Å². The summed E-state index contributed by atoms with van der Waals surface area (Å²) in [7, 11) is -3.69. The topological polar surface area (TPSA) is 74.7 Å². The van der Waals surface area contributed by atoms with Crippen LogP contribution in [0.2, 0.25) is 0 Å². The van der Waals surface area contributed by atoms with E-state index in [1.54, 1.807) is 0 Å². The summed E-state index contributed by atoms with van der Waals surface area (Å²) < 4.78 is 61.5. The molecule has 0 radical (unpaired) electrons. The van der Waals surface area contributed by atoms with Crippen LogP contribution in [0.15, 0.2) is 11.6 Å². The van der Waals surface area contributed by atoms with Crippen LogP contribution in [-0.2, 0) is 14.8 Å². The first-order chi connectivity index (χ1) is 8.63. The maximum Gasteiger partial charge on any atom is 0.412 e. The molecule has 5 nitrogen and oxygen atoms in total. The van der Waals surface area contributed by atoms with Crippen LogP contribution < -0.4 is 0 Å². The third-order valence-corrected chi connectivity index (χ3v) is 4.65. The number of carboxylic acid groups (broad SMARTS) is 1. The molecule has 0 aromatic rings. The van der Waals surface area contributed by atoms with Crippen molar-refractivity contribution < 1.29 is 31.5 Å². The number of alkyl halides is 3. The second kappa shape index (κ2) is 5.91. The number of halogens is 3. The van der Waals surface area contributed by atoms with E-state index in [0.717, 1.165) is 10.4 Å². The Bertz CT molecular complexity index is 470. The lowest BCUT2D eigenvalue weighted by molar-refractivity contribution is -0.137. The van der Waals surface area contributed by atoms with Crippen molar-refractivity contribution in [1.29, 1.82) is 0 Å².